The monoisotopic (exact) mass is 396 g/mol. The zero-order valence-electron chi connectivity index (χ0n) is 18.1. The van der Waals surface area contributed by atoms with Crippen LogP contribution in [0.15, 0.2) is 16.9 Å². The molecule has 0 bridgehead atoms. The first-order chi connectivity index (χ1) is 13.8. The van der Waals surface area contributed by atoms with E-state index < -0.39 is 0 Å². The molecule has 28 heavy (non-hydrogen) atoms. The molecule has 4 N–H and O–H groups in total. The largest absolute Gasteiger partial charge is 0.396 e. The van der Waals surface area contributed by atoms with Crippen molar-refractivity contribution in [1.82, 2.24) is 15.5 Å². The molecule has 0 amide bonds. The Hall–Kier alpha value is -1.27. The van der Waals surface area contributed by atoms with Crippen molar-refractivity contribution in [1.29, 1.82) is 0 Å². The second-order valence-electron chi connectivity index (χ2n) is 7.66. The first-order valence-electron chi connectivity index (χ1n) is 11.5. The highest BCUT2D eigenvalue weighted by molar-refractivity contribution is 5.82. The first kappa shape index (κ1) is 24.8. The molecule has 0 fully saturated rings. The average molecular weight is 397 g/mol. The van der Waals surface area contributed by atoms with Gasteiger partial charge in [0.05, 0.1) is 0 Å². The number of unbranched alkanes of at least 4 members (excludes halogenated alkanes) is 9. The Bertz CT molecular complexity index is 427. The number of aliphatic imine (C=N–C) groups is 1. The number of rotatable bonds is 18. The van der Waals surface area contributed by atoms with Crippen LogP contribution in [0.4, 0.5) is 0 Å². The van der Waals surface area contributed by atoms with Crippen LogP contribution in [0, 0.1) is 0 Å². The molecule has 1 rings (SSSR count). The van der Waals surface area contributed by atoms with Crippen LogP contribution >= 0.6 is 0 Å². The number of nitrogens with one attached hydrogen (secondary N) is 2. The van der Waals surface area contributed by atoms with E-state index in [1.807, 2.05) is 0 Å². The van der Waals surface area contributed by atoms with Gasteiger partial charge >= 0.3 is 0 Å². The predicted molar refractivity (Wildman–Crippen MR) is 118 cm³/mol. The Morgan fingerprint density at radius 3 is 2.21 bits per heavy atom. The lowest BCUT2D eigenvalue weighted by Crippen LogP contribution is -2.48. The van der Waals surface area contributed by atoms with Gasteiger partial charge in [0.2, 0.25) is 0 Å². The van der Waals surface area contributed by atoms with Crippen LogP contribution in [0.5, 0.6) is 0 Å². The molecular weight excluding hydrogens is 352 g/mol. The van der Waals surface area contributed by atoms with Crippen LogP contribution in [-0.4, -0.2) is 60.5 Å². The number of hydrogen-bond acceptors (Lipinski definition) is 4. The zero-order valence-corrected chi connectivity index (χ0v) is 18.1. The molecule has 0 radical (unpaired) electrons. The van der Waals surface area contributed by atoms with Crippen molar-refractivity contribution in [3.8, 4) is 0 Å². The minimum atomic E-state index is 0.197. The lowest BCUT2D eigenvalue weighted by Gasteiger charge is -2.31. The highest BCUT2D eigenvalue weighted by Gasteiger charge is 2.16. The summed E-state index contributed by atoms with van der Waals surface area (Å²) in [5.74, 6) is 1.87. The molecule has 1 aliphatic heterocycles. The number of aliphatic hydroxyl groups excluding tert-OH is 2. The highest BCUT2D eigenvalue weighted by atomic mass is 16.3. The molecule has 0 aromatic carbocycles. The van der Waals surface area contributed by atoms with Crippen molar-refractivity contribution in [3.63, 3.8) is 0 Å². The second kappa shape index (κ2) is 17.8. The van der Waals surface area contributed by atoms with Gasteiger partial charge < -0.3 is 25.7 Å². The van der Waals surface area contributed by atoms with Crippen LogP contribution in [0.3, 0.4) is 0 Å². The van der Waals surface area contributed by atoms with E-state index in [1.165, 1.54) is 57.8 Å². The van der Waals surface area contributed by atoms with Gasteiger partial charge in [-0.25, -0.2) is 0 Å². The molecule has 164 valence electrons. The van der Waals surface area contributed by atoms with Crippen molar-refractivity contribution in [3.05, 3.63) is 11.9 Å². The summed E-state index contributed by atoms with van der Waals surface area (Å²) in [5.41, 5.74) is 0. The van der Waals surface area contributed by atoms with E-state index in [4.69, 9.17) is 15.2 Å². The molecule has 6 nitrogen and oxygen atoms in total. The molecule has 0 aliphatic carbocycles. The molecule has 0 aromatic rings. The third kappa shape index (κ3) is 12.2. The van der Waals surface area contributed by atoms with Crippen LogP contribution in [-0.2, 0) is 0 Å². The number of aliphatic hydroxyl groups is 2. The molecule has 0 atom stereocenters. The summed E-state index contributed by atoms with van der Waals surface area (Å²) in [4.78, 5) is 6.97. The lowest BCUT2D eigenvalue weighted by molar-refractivity contribution is 0.268. The van der Waals surface area contributed by atoms with Gasteiger partial charge in [-0.3, -0.25) is 4.99 Å². The second-order valence-corrected chi connectivity index (χ2v) is 7.66. The van der Waals surface area contributed by atoms with E-state index >= 15 is 0 Å². The van der Waals surface area contributed by atoms with Crippen molar-refractivity contribution in [2.45, 2.75) is 84.0 Å². The Labute approximate surface area is 172 Å². The fourth-order valence-corrected chi connectivity index (χ4v) is 3.34. The maximum absolute atomic E-state index is 9.12. The molecule has 0 unspecified atom stereocenters. The zero-order chi connectivity index (χ0) is 20.3. The van der Waals surface area contributed by atoms with Crippen molar-refractivity contribution in [2.75, 3.05) is 39.4 Å². The molecule has 1 aliphatic rings. The van der Waals surface area contributed by atoms with E-state index in [1.54, 1.807) is 0 Å². The van der Waals surface area contributed by atoms with Gasteiger partial charge in [0.25, 0.3) is 0 Å². The normalized spacial score (nSPS) is 15.6. The van der Waals surface area contributed by atoms with E-state index in [0.29, 0.717) is 0 Å². The van der Waals surface area contributed by atoms with Gasteiger partial charge in [0.15, 0.2) is 5.96 Å². The molecule has 1 heterocycles. The van der Waals surface area contributed by atoms with Crippen LogP contribution < -0.4 is 10.6 Å². The third-order valence-electron chi connectivity index (χ3n) is 5.07. The summed E-state index contributed by atoms with van der Waals surface area (Å²) in [5, 5.41) is 24.7. The van der Waals surface area contributed by atoms with Gasteiger partial charge in [0, 0.05) is 39.4 Å². The lowest BCUT2D eigenvalue weighted by atomic mass is 10.1. The van der Waals surface area contributed by atoms with Gasteiger partial charge in [-0.1, -0.05) is 64.7 Å². The summed E-state index contributed by atoms with van der Waals surface area (Å²) in [6.45, 7) is 5.86. The maximum atomic E-state index is 9.12. The third-order valence-corrected chi connectivity index (χ3v) is 5.07. The maximum Gasteiger partial charge on any atom is 0.199 e. The van der Waals surface area contributed by atoms with E-state index in [0.717, 1.165) is 57.2 Å². The van der Waals surface area contributed by atoms with Crippen molar-refractivity contribution < 1.29 is 10.2 Å². The fraction of sp³-hybridized carbons (Fsp3) is 0.864. The Kier molecular flexibility index (Phi) is 15.7. The van der Waals surface area contributed by atoms with Gasteiger partial charge in [-0.2, -0.15) is 0 Å². The predicted octanol–water partition coefficient (Wildman–Crippen LogP) is 3.36. The minimum absolute atomic E-state index is 0.197. The summed E-state index contributed by atoms with van der Waals surface area (Å²) < 4.78 is 0. The van der Waals surface area contributed by atoms with Crippen LogP contribution in [0.2, 0.25) is 0 Å². The molecule has 0 saturated heterocycles. The SMILES string of the molecule is CCCCCCCCCCCCN=C1NC(NCCCO)=CCN1CCCO. The molecule has 0 saturated carbocycles. The molecule has 6 heteroatoms. The highest BCUT2D eigenvalue weighted by Crippen LogP contribution is 2.11. The van der Waals surface area contributed by atoms with E-state index in [9.17, 15) is 0 Å². The van der Waals surface area contributed by atoms with E-state index in [-0.39, 0.29) is 13.2 Å². The Balaban J connectivity index is 2.24. The van der Waals surface area contributed by atoms with Gasteiger partial charge in [-0.15, -0.1) is 0 Å². The standard InChI is InChI=1S/C22H44N4O2/c1-2-3-4-5-6-7-8-9-10-11-15-24-22-25-21(23-16-12-19-27)14-18-26(22)17-13-20-28/h14,23,27-28H,2-13,15-20H2,1H3,(H,24,25). The van der Waals surface area contributed by atoms with Gasteiger partial charge in [-0.05, 0) is 25.3 Å². The Morgan fingerprint density at radius 1 is 0.929 bits per heavy atom. The average Bonchev–Trinajstić information content (AvgIpc) is 2.71. The fourth-order valence-electron chi connectivity index (χ4n) is 3.34. The Morgan fingerprint density at radius 2 is 1.57 bits per heavy atom. The van der Waals surface area contributed by atoms with Crippen molar-refractivity contribution >= 4 is 5.96 Å². The first-order valence-corrected chi connectivity index (χ1v) is 11.5. The summed E-state index contributed by atoms with van der Waals surface area (Å²) in [6.07, 6.45) is 16.9. The molecule has 0 spiro atoms. The summed E-state index contributed by atoms with van der Waals surface area (Å²) >= 11 is 0. The number of guanidine groups is 1. The van der Waals surface area contributed by atoms with Crippen LogP contribution in [0.25, 0.3) is 0 Å². The number of hydrogen-bond donors (Lipinski definition) is 4. The quantitative estimate of drug-likeness (QED) is 0.267. The van der Waals surface area contributed by atoms with Crippen molar-refractivity contribution in [2.24, 2.45) is 4.99 Å². The van der Waals surface area contributed by atoms with Crippen LogP contribution in [0.1, 0.15) is 84.0 Å². The minimum Gasteiger partial charge on any atom is -0.396 e. The number of nitrogens with zero attached hydrogens (tertiary/aromatic N) is 2. The van der Waals surface area contributed by atoms with E-state index in [2.05, 4.69) is 28.5 Å². The van der Waals surface area contributed by atoms with Gasteiger partial charge in [0.1, 0.15) is 5.82 Å². The molecular formula is C22H44N4O2. The smallest absolute Gasteiger partial charge is 0.199 e. The topological polar surface area (TPSA) is 80.1 Å². The summed E-state index contributed by atoms with van der Waals surface area (Å²) in [6, 6.07) is 0. The molecule has 0 aromatic heterocycles. The summed E-state index contributed by atoms with van der Waals surface area (Å²) in [7, 11) is 0.